The summed E-state index contributed by atoms with van der Waals surface area (Å²) < 4.78 is 5.22. The van der Waals surface area contributed by atoms with Crippen LogP contribution in [0.15, 0.2) is 0 Å². The summed E-state index contributed by atoms with van der Waals surface area (Å²) in [7, 11) is 1.77. The zero-order valence-electron chi connectivity index (χ0n) is 9.13. The molecule has 0 amide bonds. The van der Waals surface area contributed by atoms with Gasteiger partial charge in [0.1, 0.15) is 0 Å². The molecular formula is C10H23NO. The van der Waals surface area contributed by atoms with Crippen molar-refractivity contribution in [3.63, 3.8) is 0 Å². The summed E-state index contributed by atoms with van der Waals surface area (Å²) in [5.74, 6) is 0.744. The second-order valence-electron chi connectivity index (χ2n) is 3.79. The van der Waals surface area contributed by atoms with Crippen LogP contribution in [0.5, 0.6) is 0 Å². The van der Waals surface area contributed by atoms with Crippen molar-refractivity contribution in [3.8, 4) is 0 Å². The van der Waals surface area contributed by atoms with Gasteiger partial charge in [-0.15, -0.1) is 0 Å². The van der Waals surface area contributed by atoms with Crippen molar-refractivity contribution < 1.29 is 4.74 Å². The van der Waals surface area contributed by atoms with Gasteiger partial charge in [-0.3, -0.25) is 0 Å². The number of hydrogen-bond donors (Lipinski definition) is 0. The van der Waals surface area contributed by atoms with E-state index in [1.807, 2.05) is 0 Å². The molecule has 0 rings (SSSR count). The molecule has 2 nitrogen and oxygen atoms in total. The van der Waals surface area contributed by atoms with Crippen LogP contribution in [-0.4, -0.2) is 37.7 Å². The largest absolute Gasteiger partial charge is 0.380 e. The fraction of sp³-hybridized carbons (Fsp3) is 1.00. The quantitative estimate of drug-likeness (QED) is 0.609. The summed E-state index contributed by atoms with van der Waals surface area (Å²) >= 11 is 0. The summed E-state index contributed by atoms with van der Waals surface area (Å²) in [6.07, 6.45) is 0.351. The molecule has 0 aromatic heterocycles. The molecule has 0 spiro atoms. The average molecular weight is 173 g/mol. The van der Waals surface area contributed by atoms with Gasteiger partial charge in [0.15, 0.2) is 0 Å². The van der Waals surface area contributed by atoms with E-state index in [1.54, 1.807) is 7.11 Å². The maximum absolute atomic E-state index is 5.22. The summed E-state index contributed by atoms with van der Waals surface area (Å²) in [6.45, 7) is 12.1. The van der Waals surface area contributed by atoms with Crippen LogP contribution in [0, 0.1) is 5.92 Å². The lowest BCUT2D eigenvalue weighted by Gasteiger charge is -2.25. The van der Waals surface area contributed by atoms with Crippen LogP contribution < -0.4 is 0 Å². The molecular weight excluding hydrogens is 150 g/mol. The van der Waals surface area contributed by atoms with Gasteiger partial charge in [-0.1, -0.05) is 20.8 Å². The molecule has 2 heteroatoms. The molecule has 0 aliphatic heterocycles. The smallest absolute Gasteiger partial charge is 0.0670 e. The minimum atomic E-state index is 0.351. The Hall–Kier alpha value is -0.0800. The van der Waals surface area contributed by atoms with E-state index < -0.39 is 0 Å². The summed E-state index contributed by atoms with van der Waals surface area (Å²) in [5.41, 5.74) is 0. The van der Waals surface area contributed by atoms with E-state index in [0.29, 0.717) is 6.10 Å². The van der Waals surface area contributed by atoms with E-state index in [1.165, 1.54) is 6.54 Å². The summed E-state index contributed by atoms with van der Waals surface area (Å²) in [5, 5.41) is 0. The third-order valence-corrected chi connectivity index (χ3v) is 1.99. The van der Waals surface area contributed by atoms with Crippen molar-refractivity contribution in [1.82, 2.24) is 4.90 Å². The maximum atomic E-state index is 5.22. The predicted molar refractivity (Wildman–Crippen MR) is 53.4 cm³/mol. The molecule has 0 radical (unpaired) electrons. The van der Waals surface area contributed by atoms with Crippen LogP contribution in [0.2, 0.25) is 0 Å². The minimum Gasteiger partial charge on any atom is -0.380 e. The number of rotatable bonds is 6. The van der Waals surface area contributed by atoms with Gasteiger partial charge in [-0.05, 0) is 19.4 Å². The van der Waals surface area contributed by atoms with Gasteiger partial charge in [-0.2, -0.15) is 0 Å². The third-order valence-electron chi connectivity index (χ3n) is 1.99. The molecule has 74 valence electrons. The van der Waals surface area contributed by atoms with E-state index in [-0.39, 0.29) is 0 Å². The Bertz CT molecular complexity index is 104. The lowest BCUT2D eigenvalue weighted by molar-refractivity contribution is 0.0748. The molecule has 1 unspecified atom stereocenters. The Balaban J connectivity index is 3.66. The molecule has 12 heavy (non-hydrogen) atoms. The Morgan fingerprint density at radius 3 is 2.08 bits per heavy atom. The second kappa shape index (κ2) is 6.44. The zero-order valence-corrected chi connectivity index (χ0v) is 9.13. The first-order valence-electron chi connectivity index (χ1n) is 4.85. The standard InChI is InChI=1S/C10H23NO/c1-6-11(7-9(2)3)8-10(4)12-5/h9-10H,6-8H2,1-5H3. The summed E-state index contributed by atoms with van der Waals surface area (Å²) in [4.78, 5) is 2.43. The minimum absolute atomic E-state index is 0.351. The number of methoxy groups -OCH3 is 1. The molecule has 0 aliphatic rings. The number of ether oxygens (including phenoxy) is 1. The molecule has 0 bridgehead atoms. The number of nitrogens with zero attached hydrogens (tertiary/aromatic N) is 1. The monoisotopic (exact) mass is 173 g/mol. The molecule has 0 heterocycles. The van der Waals surface area contributed by atoms with E-state index in [2.05, 4.69) is 32.6 Å². The van der Waals surface area contributed by atoms with Crippen LogP contribution >= 0.6 is 0 Å². The third kappa shape index (κ3) is 5.56. The van der Waals surface area contributed by atoms with Crippen LogP contribution in [-0.2, 0) is 4.74 Å². The molecule has 0 aliphatic carbocycles. The fourth-order valence-corrected chi connectivity index (χ4v) is 1.29. The van der Waals surface area contributed by atoms with Crippen LogP contribution in [0.4, 0.5) is 0 Å². The highest BCUT2D eigenvalue weighted by Gasteiger charge is 2.08. The van der Waals surface area contributed by atoms with Crippen LogP contribution in [0.25, 0.3) is 0 Å². The lowest BCUT2D eigenvalue weighted by atomic mass is 10.2. The van der Waals surface area contributed by atoms with Crippen molar-refractivity contribution in [1.29, 1.82) is 0 Å². The first kappa shape index (κ1) is 11.9. The van der Waals surface area contributed by atoms with E-state index in [0.717, 1.165) is 19.0 Å². The van der Waals surface area contributed by atoms with Gasteiger partial charge in [-0.25, -0.2) is 0 Å². The molecule has 1 atom stereocenters. The van der Waals surface area contributed by atoms with Gasteiger partial charge >= 0.3 is 0 Å². The molecule has 0 aromatic rings. The number of likely N-dealkylation sites (N-methyl/N-ethyl adjacent to an activating group) is 1. The first-order valence-corrected chi connectivity index (χ1v) is 4.85. The molecule has 0 aromatic carbocycles. The van der Waals surface area contributed by atoms with Gasteiger partial charge in [0, 0.05) is 20.2 Å². The van der Waals surface area contributed by atoms with Gasteiger partial charge in [0.2, 0.25) is 0 Å². The molecule has 0 saturated heterocycles. The maximum Gasteiger partial charge on any atom is 0.0670 e. The Kier molecular flexibility index (Phi) is 6.39. The normalized spacial score (nSPS) is 14.2. The number of hydrogen-bond acceptors (Lipinski definition) is 2. The Labute approximate surface area is 76.9 Å². The zero-order chi connectivity index (χ0) is 9.56. The van der Waals surface area contributed by atoms with Crippen LogP contribution in [0.1, 0.15) is 27.7 Å². The van der Waals surface area contributed by atoms with Gasteiger partial charge in [0.25, 0.3) is 0 Å². The highest BCUT2D eigenvalue weighted by Crippen LogP contribution is 2.00. The topological polar surface area (TPSA) is 12.5 Å². The van der Waals surface area contributed by atoms with Crippen molar-refractivity contribution in [2.45, 2.75) is 33.8 Å². The highest BCUT2D eigenvalue weighted by atomic mass is 16.5. The molecule has 0 saturated carbocycles. The fourth-order valence-electron chi connectivity index (χ4n) is 1.29. The lowest BCUT2D eigenvalue weighted by Crippen LogP contribution is -2.34. The SMILES string of the molecule is CCN(CC(C)C)CC(C)OC. The van der Waals surface area contributed by atoms with Crippen molar-refractivity contribution >= 4 is 0 Å². The van der Waals surface area contributed by atoms with Crippen LogP contribution in [0.3, 0.4) is 0 Å². The Morgan fingerprint density at radius 2 is 1.75 bits per heavy atom. The average Bonchev–Trinajstić information content (AvgIpc) is 2.02. The van der Waals surface area contributed by atoms with Gasteiger partial charge in [0.05, 0.1) is 6.10 Å². The van der Waals surface area contributed by atoms with Crippen molar-refractivity contribution in [2.75, 3.05) is 26.7 Å². The molecule has 0 N–H and O–H groups in total. The van der Waals surface area contributed by atoms with E-state index in [9.17, 15) is 0 Å². The van der Waals surface area contributed by atoms with E-state index in [4.69, 9.17) is 4.74 Å². The summed E-state index contributed by atoms with van der Waals surface area (Å²) in [6, 6.07) is 0. The molecule has 0 fully saturated rings. The van der Waals surface area contributed by atoms with Gasteiger partial charge < -0.3 is 9.64 Å². The Morgan fingerprint density at radius 1 is 1.17 bits per heavy atom. The highest BCUT2D eigenvalue weighted by molar-refractivity contribution is 4.62. The van der Waals surface area contributed by atoms with E-state index >= 15 is 0 Å². The predicted octanol–water partition coefficient (Wildman–Crippen LogP) is 2.00. The van der Waals surface area contributed by atoms with Crippen molar-refractivity contribution in [2.24, 2.45) is 5.92 Å². The second-order valence-corrected chi connectivity index (χ2v) is 3.79. The first-order chi connectivity index (χ1) is 5.60. The van der Waals surface area contributed by atoms with Crippen molar-refractivity contribution in [3.05, 3.63) is 0 Å².